The first-order valence-corrected chi connectivity index (χ1v) is 5.61. The van der Waals surface area contributed by atoms with E-state index in [-0.39, 0.29) is 0 Å². The Morgan fingerprint density at radius 3 is 2.59 bits per heavy atom. The van der Waals surface area contributed by atoms with Crippen LogP contribution in [0.3, 0.4) is 0 Å². The molecule has 3 nitrogen and oxygen atoms in total. The van der Waals surface area contributed by atoms with Crippen molar-refractivity contribution in [3.05, 3.63) is 53.7 Å². The summed E-state index contributed by atoms with van der Waals surface area (Å²) in [6.45, 7) is 0. The number of aromatic nitrogens is 2. The van der Waals surface area contributed by atoms with Crippen LogP contribution in [0.25, 0.3) is 16.9 Å². The van der Waals surface area contributed by atoms with Gasteiger partial charge in [-0.1, -0.05) is 17.7 Å². The van der Waals surface area contributed by atoms with E-state index in [1.165, 1.54) is 0 Å². The predicted octanol–water partition coefficient (Wildman–Crippen LogP) is 3.24. The molecular weight excluding hydrogens is 234 g/mol. The average Bonchev–Trinajstić information content (AvgIpc) is 2.75. The lowest BCUT2D eigenvalue weighted by Gasteiger charge is -2.04. The number of nitrogen functional groups attached to an aromatic ring is 1. The van der Waals surface area contributed by atoms with Crippen molar-refractivity contribution in [3.8, 4) is 11.4 Å². The molecule has 3 rings (SSSR count). The molecule has 0 spiro atoms. The zero-order chi connectivity index (χ0) is 11.8. The lowest BCUT2D eigenvalue weighted by Crippen LogP contribution is -1.97. The highest BCUT2D eigenvalue weighted by Gasteiger charge is 2.07. The molecule has 0 unspecified atom stereocenters. The van der Waals surface area contributed by atoms with E-state index in [0.717, 1.165) is 16.9 Å². The van der Waals surface area contributed by atoms with Crippen LogP contribution in [0.15, 0.2) is 48.7 Å². The van der Waals surface area contributed by atoms with Gasteiger partial charge in [-0.25, -0.2) is 4.98 Å². The first-order chi connectivity index (χ1) is 8.25. The lowest BCUT2D eigenvalue weighted by atomic mass is 10.2. The third kappa shape index (κ3) is 1.65. The van der Waals surface area contributed by atoms with Crippen molar-refractivity contribution in [1.82, 2.24) is 9.38 Å². The Bertz CT molecular complexity index is 671. The summed E-state index contributed by atoms with van der Waals surface area (Å²) in [6, 6.07) is 13.3. The minimum absolute atomic E-state index is 0.671. The second-order valence-electron chi connectivity index (χ2n) is 3.80. The molecule has 2 heterocycles. The maximum Gasteiger partial charge on any atom is 0.146 e. The second kappa shape index (κ2) is 3.79. The van der Waals surface area contributed by atoms with Gasteiger partial charge in [-0.15, -0.1) is 0 Å². The van der Waals surface area contributed by atoms with Crippen molar-refractivity contribution < 1.29 is 0 Å². The average molecular weight is 244 g/mol. The van der Waals surface area contributed by atoms with Gasteiger partial charge >= 0.3 is 0 Å². The number of fused-ring (bicyclic) bond motifs is 1. The first-order valence-electron chi connectivity index (χ1n) is 5.23. The predicted molar refractivity (Wildman–Crippen MR) is 70.1 cm³/mol. The number of hydrogen-bond acceptors (Lipinski definition) is 2. The number of nitrogens with two attached hydrogens (primary N) is 1. The van der Waals surface area contributed by atoms with Crippen LogP contribution < -0.4 is 5.73 Å². The number of halogens is 1. The normalized spacial score (nSPS) is 10.9. The topological polar surface area (TPSA) is 43.3 Å². The minimum atomic E-state index is 0.671. The Hall–Kier alpha value is -2.00. The standard InChI is InChI=1S/C13H10ClN3/c14-10-6-4-9(5-7-10)13-16-8-11-2-1-3-12(15)17(11)13/h1-8H,15H2. The molecule has 0 bridgehead atoms. The third-order valence-corrected chi connectivity index (χ3v) is 2.94. The van der Waals surface area contributed by atoms with Crippen molar-refractivity contribution in [2.45, 2.75) is 0 Å². The molecule has 0 fully saturated rings. The van der Waals surface area contributed by atoms with Gasteiger partial charge in [0.1, 0.15) is 11.6 Å². The maximum atomic E-state index is 5.97. The molecule has 3 aromatic rings. The van der Waals surface area contributed by atoms with E-state index in [9.17, 15) is 0 Å². The molecule has 0 amide bonds. The first kappa shape index (κ1) is 10.2. The fourth-order valence-electron chi connectivity index (χ4n) is 1.88. The molecule has 0 radical (unpaired) electrons. The Balaban J connectivity index is 2.27. The molecule has 0 aliphatic rings. The smallest absolute Gasteiger partial charge is 0.146 e. The van der Waals surface area contributed by atoms with Crippen LogP contribution in [0.1, 0.15) is 0 Å². The quantitative estimate of drug-likeness (QED) is 0.713. The zero-order valence-corrected chi connectivity index (χ0v) is 9.72. The van der Waals surface area contributed by atoms with Gasteiger partial charge in [-0.3, -0.25) is 4.40 Å². The van der Waals surface area contributed by atoms with Gasteiger partial charge in [-0.2, -0.15) is 0 Å². The van der Waals surface area contributed by atoms with Crippen molar-refractivity contribution in [2.75, 3.05) is 5.73 Å². The molecule has 0 atom stereocenters. The summed E-state index contributed by atoms with van der Waals surface area (Å²) in [5, 5.41) is 0.711. The number of rotatable bonds is 1. The Labute approximate surface area is 103 Å². The van der Waals surface area contributed by atoms with E-state index in [1.54, 1.807) is 6.20 Å². The highest BCUT2D eigenvalue weighted by molar-refractivity contribution is 6.30. The Kier molecular flexibility index (Phi) is 2.27. The van der Waals surface area contributed by atoms with Gasteiger partial charge < -0.3 is 5.73 Å². The van der Waals surface area contributed by atoms with Crippen LogP contribution in [0.2, 0.25) is 5.02 Å². The highest BCUT2D eigenvalue weighted by atomic mass is 35.5. The van der Waals surface area contributed by atoms with E-state index in [0.29, 0.717) is 10.8 Å². The molecule has 17 heavy (non-hydrogen) atoms. The van der Waals surface area contributed by atoms with Crippen LogP contribution in [0.5, 0.6) is 0 Å². The van der Waals surface area contributed by atoms with E-state index in [1.807, 2.05) is 46.9 Å². The Morgan fingerprint density at radius 2 is 1.82 bits per heavy atom. The fourth-order valence-corrected chi connectivity index (χ4v) is 2.00. The summed E-state index contributed by atoms with van der Waals surface area (Å²) in [7, 11) is 0. The van der Waals surface area contributed by atoms with Crippen LogP contribution in [0, 0.1) is 0 Å². The van der Waals surface area contributed by atoms with Crippen LogP contribution in [-0.4, -0.2) is 9.38 Å². The molecule has 2 aromatic heterocycles. The van der Waals surface area contributed by atoms with Crippen molar-refractivity contribution in [1.29, 1.82) is 0 Å². The number of benzene rings is 1. The summed E-state index contributed by atoms with van der Waals surface area (Å²) in [5.41, 5.74) is 7.94. The molecule has 0 saturated carbocycles. The SMILES string of the molecule is Nc1cccc2cnc(-c3ccc(Cl)cc3)n12. The van der Waals surface area contributed by atoms with Crippen LogP contribution in [-0.2, 0) is 0 Å². The highest BCUT2D eigenvalue weighted by Crippen LogP contribution is 2.23. The summed E-state index contributed by atoms with van der Waals surface area (Å²) < 4.78 is 1.92. The third-order valence-electron chi connectivity index (χ3n) is 2.68. The monoisotopic (exact) mass is 243 g/mol. The van der Waals surface area contributed by atoms with Gasteiger partial charge in [-0.05, 0) is 36.4 Å². The van der Waals surface area contributed by atoms with E-state index in [2.05, 4.69) is 4.98 Å². The number of anilines is 1. The fraction of sp³-hybridized carbons (Fsp3) is 0. The van der Waals surface area contributed by atoms with Crippen LogP contribution in [0.4, 0.5) is 5.82 Å². The number of imidazole rings is 1. The van der Waals surface area contributed by atoms with E-state index in [4.69, 9.17) is 17.3 Å². The van der Waals surface area contributed by atoms with Gasteiger partial charge in [0.05, 0.1) is 11.7 Å². The molecule has 2 N–H and O–H groups in total. The number of pyridine rings is 1. The Morgan fingerprint density at radius 1 is 1.06 bits per heavy atom. The van der Waals surface area contributed by atoms with Crippen molar-refractivity contribution in [3.63, 3.8) is 0 Å². The van der Waals surface area contributed by atoms with Gasteiger partial charge in [0, 0.05) is 10.6 Å². The lowest BCUT2D eigenvalue weighted by molar-refractivity contribution is 1.17. The van der Waals surface area contributed by atoms with Crippen molar-refractivity contribution in [2.24, 2.45) is 0 Å². The summed E-state index contributed by atoms with van der Waals surface area (Å²) in [4.78, 5) is 4.40. The number of hydrogen-bond donors (Lipinski definition) is 1. The van der Waals surface area contributed by atoms with E-state index < -0.39 is 0 Å². The molecule has 1 aromatic carbocycles. The minimum Gasteiger partial charge on any atom is -0.385 e. The van der Waals surface area contributed by atoms with E-state index >= 15 is 0 Å². The van der Waals surface area contributed by atoms with Gasteiger partial charge in [0.2, 0.25) is 0 Å². The molecule has 84 valence electrons. The maximum absolute atomic E-state index is 5.97. The molecule has 0 aliphatic heterocycles. The largest absolute Gasteiger partial charge is 0.385 e. The summed E-state index contributed by atoms with van der Waals surface area (Å²) in [6.07, 6.45) is 1.81. The summed E-state index contributed by atoms with van der Waals surface area (Å²) in [5.74, 6) is 1.50. The molecular formula is C13H10ClN3. The van der Waals surface area contributed by atoms with Gasteiger partial charge in [0.25, 0.3) is 0 Å². The summed E-state index contributed by atoms with van der Waals surface area (Å²) >= 11 is 5.87. The van der Waals surface area contributed by atoms with Crippen molar-refractivity contribution >= 4 is 22.9 Å². The number of nitrogens with zero attached hydrogens (tertiary/aromatic N) is 2. The van der Waals surface area contributed by atoms with Crippen LogP contribution >= 0.6 is 11.6 Å². The second-order valence-corrected chi connectivity index (χ2v) is 4.24. The molecule has 4 heteroatoms. The zero-order valence-electron chi connectivity index (χ0n) is 8.97. The molecule has 0 aliphatic carbocycles. The van der Waals surface area contributed by atoms with Gasteiger partial charge in [0.15, 0.2) is 0 Å². The molecule has 0 saturated heterocycles.